The standard InChI is InChI=1S/C29H46F3N3O4/c1-18(34-39-25(37)35(6)16-15-33-5)21-9-10-22-20-8-7-19-17-26(2,38-24(36)29(30,31)32)13-14-27(19,3)23(20)11-12-28(21,22)4/h19-23,33H,7-17H2,1-6H3/b34-18+/t19?,20-,21+,22-,23-,26+,27-,28+/m0/s1. The lowest BCUT2D eigenvalue weighted by atomic mass is 9.44. The van der Waals surface area contributed by atoms with Crippen molar-refractivity contribution in [2.24, 2.45) is 45.6 Å². The van der Waals surface area contributed by atoms with E-state index in [-0.39, 0.29) is 22.7 Å². The number of likely N-dealkylation sites (N-methyl/N-ethyl adjacent to an activating group) is 2. The smallest absolute Gasteiger partial charge is 0.453 e. The van der Waals surface area contributed by atoms with Crippen LogP contribution >= 0.6 is 0 Å². The average Bonchev–Trinajstić information content (AvgIpc) is 3.22. The van der Waals surface area contributed by atoms with E-state index >= 15 is 0 Å². The quantitative estimate of drug-likeness (QED) is 0.183. The second-order valence-corrected chi connectivity index (χ2v) is 13.5. The molecule has 39 heavy (non-hydrogen) atoms. The second kappa shape index (κ2) is 10.9. The number of esters is 1. The van der Waals surface area contributed by atoms with Gasteiger partial charge in [0.15, 0.2) is 0 Å². The molecule has 222 valence electrons. The van der Waals surface area contributed by atoms with Gasteiger partial charge in [-0.05, 0) is 113 Å². The number of hydrogen-bond acceptors (Lipinski definition) is 6. The largest absolute Gasteiger partial charge is 0.490 e. The van der Waals surface area contributed by atoms with Gasteiger partial charge in [-0.15, -0.1) is 0 Å². The first-order chi connectivity index (χ1) is 18.1. The molecule has 4 saturated carbocycles. The highest BCUT2D eigenvalue weighted by molar-refractivity contribution is 5.85. The van der Waals surface area contributed by atoms with Crippen molar-refractivity contribution >= 4 is 17.8 Å². The molecule has 10 heteroatoms. The van der Waals surface area contributed by atoms with Crippen LogP contribution in [-0.2, 0) is 14.4 Å². The van der Waals surface area contributed by atoms with Gasteiger partial charge < -0.3 is 15.0 Å². The molecule has 1 amide bonds. The molecule has 4 rings (SSSR count). The fourth-order valence-electron chi connectivity index (χ4n) is 9.09. The summed E-state index contributed by atoms with van der Waals surface area (Å²) in [7, 11) is 3.53. The topological polar surface area (TPSA) is 80.2 Å². The summed E-state index contributed by atoms with van der Waals surface area (Å²) in [6.45, 7) is 9.60. The van der Waals surface area contributed by atoms with E-state index < -0.39 is 23.8 Å². The van der Waals surface area contributed by atoms with E-state index in [0.29, 0.717) is 43.7 Å². The lowest BCUT2D eigenvalue weighted by molar-refractivity contribution is -0.223. The molecule has 0 spiro atoms. The van der Waals surface area contributed by atoms with Gasteiger partial charge in [-0.25, -0.2) is 9.59 Å². The lowest BCUT2D eigenvalue weighted by Crippen LogP contribution is -2.56. The minimum Gasteiger partial charge on any atom is -0.453 e. The summed E-state index contributed by atoms with van der Waals surface area (Å²) in [4.78, 5) is 30.8. The monoisotopic (exact) mass is 557 g/mol. The first-order valence-corrected chi connectivity index (χ1v) is 14.6. The highest BCUT2D eigenvalue weighted by Crippen LogP contribution is 2.68. The summed E-state index contributed by atoms with van der Waals surface area (Å²) < 4.78 is 43.8. The molecule has 0 aromatic carbocycles. The number of amides is 1. The fourth-order valence-corrected chi connectivity index (χ4v) is 9.09. The number of oxime groups is 1. The van der Waals surface area contributed by atoms with Crippen LogP contribution in [0.5, 0.6) is 0 Å². The molecule has 4 aliphatic carbocycles. The zero-order chi connectivity index (χ0) is 28.8. The first-order valence-electron chi connectivity index (χ1n) is 14.6. The molecular weight excluding hydrogens is 511 g/mol. The number of ether oxygens (including phenoxy) is 1. The third kappa shape index (κ3) is 5.68. The summed E-state index contributed by atoms with van der Waals surface area (Å²) in [6, 6.07) is 0. The molecule has 0 bridgehead atoms. The summed E-state index contributed by atoms with van der Waals surface area (Å²) >= 11 is 0. The van der Waals surface area contributed by atoms with Crippen LogP contribution < -0.4 is 5.32 Å². The zero-order valence-corrected chi connectivity index (χ0v) is 24.3. The van der Waals surface area contributed by atoms with E-state index in [0.717, 1.165) is 50.7 Å². The Bertz CT molecular complexity index is 974. The van der Waals surface area contributed by atoms with Crippen molar-refractivity contribution in [1.82, 2.24) is 10.2 Å². The van der Waals surface area contributed by atoms with Crippen molar-refractivity contribution in [3.8, 4) is 0 Å². The van der Waals surface area contributed by atoms with Gasteiger partial charge in [0.25, 0.3) is 0 Å². The molecule has 4 fully saturated rings. The fraction of sp³-hybridized carbons (Fsp3) is 0.897. The third-order valence-corrected chi connectivity index (χ3v) is 11.3. The normalized spacial score (nSPS) is 40.2. The Morgan fingerprint density at radius 3 is 2.36 bits per heavy atom. The van der Waals surface area contributed by atoms with Crippen LogP contribution in [0.4, 0.5) is 18.0 Å². The summed E-state index contributed by atoms with van der Waals surface area (Å²) in [6.07, 6.45) is 2.64. The van der Waals surface area contributed by atoms with E-state index in [1.165, 1.54) is 4.90 Å². The highest BCUT2D eigenvalue weighted by Gasteiger charge is 2.62. The van der Waals surface area contributed by atoms with Crippen LogP contribution in [-0.4, -0.2) is 61.6 Å². The average molecular weight is 558 g/mol. The maximum Gasteiger partial charge on any atom is 0.490 e. The van der Waals surface area contributed by atoms with Gasteiger partial charge in [0.05, 0.1) is 5.71 Å². The Kier molecular flexibility index (Phi) is 8.39. The molecule has 0 aromatic heterocycles. The van der Waals surface area contributed by atoms with Crippen LogP contribution in [0.3, 0.4) is 0 Å². The van der Waals surface area contributed by atoms with Crippen LogP contribution in [0, 0.1) is 40.4 Å². The molecule has 7 nitrogen and oxygen atoms in total. The van der Waals surface area contributed by atoms with Crippen LogP contribution in [0.25, 0.3) is 0 Å². The van der Waals surface area contributed by atoms with E-state index in [2.05, 4.69) is 24.3 Å². The number of nitrogens with one attached hydrogen (secondary N) is 1. The minimum atomic E-state index is -4.96. The van der Waals surface area contributed by atoms with E-state index in [1.54, 1.807) is 14.0 Å². The lowest BCUT2D eigenvalue weighted by Gasteiger charge is -2.62. The number of alkyl halides is 3. The number of halogens is 3. The Labute approximate surface area is 230 Å². The maximum absolute atomic E-state index is 12.9. The van der Waals surface area contributed by atoms with Crippen molar-refractivity contribution in [2.75, 3.05) is 27.2 Å². The molecule has 0 heterocycles. The van der Waals surface area contributed by atoms with E-state index in [4.69, 9.17) is 9.57 Å². The summed E-state index contributed by atoms with van der Waals surface area (Å²) in [5.74, 6) is 0.0880. The highest BCUT2D eigenvalue weighted by atomic mass is 19.4. The van der Waals surface area contributed by atoms with Gasteiger partial charge in [0.2, 0.25) is 0 Å². The Hall–Kier alpha value is -1.84. The molecular formula is C29H46F3N3O4. The van der Waals surface area contributed by atoms with Gasteiger partial charge in [-0.1, -0.05) is 19.0 Å². The number of carbonyl (C=O) groups is 2. The number of fused-ring (bicyclic) bond motifs is 5. The van der Waals surface area contributed by atoms with Crippen molar-refractivity contribution in [3.63, 3.8) is 0 Å². The molecule has 0 aromatic rings. The molecule has 1 unspecified atom stereocenters. The minimum absolute atomic E-state index is 0.0447. The molecule has 0 aliphatic heterocycles. The van der Waals surface area contributed by atoms with Crippen LogP contribution in [0.2, 0.25) is 0 Å². The summed E-state index contributed by atoms with van der Waals surface area (Å²) in [5, 5.41) is 7.31. The molecule has 0 saturated heterocycles. The van der Waals surface area contributed by atoms with Gasteiger partial charge in [-0.2, -0.15) is 13.2 Å². The van der Waals surface area contributed by atoms with Gasteiger partial charge >= 0.3 is 18.2 Å². The second-order valence-electron chi connectivity index (χ2n) is 13.5. The third-order valence-electron chi connectivity index (χ3n) is 11.3. The molecule has 0 radical (unpaired) electrons. The van der Waals surface area contributed by atoms with E-state index in [9.17, 15) is 22.8 Å². The zero-order valence-electron chi connectivity index (χ0n) is 24.3. The van der Waals surface area contributed by atoms with Gasteiger partial charge in [0.1, 0.15) is 5.60 Å². The molecule has 4 aliphatic rings. The number of rotatable bonds is 6. The van der Waals surface area contributed by atoms with Gasteiger partial charge in [0, 0.05) is 26.1 Å². The number of carbonyl (C=O) groups excluding carboxylic acids is 2. The Balaban J connectivity index is 1.43. The number of hydrogen-bond donors (Lipinski definition) is 1. The molecule has 1 N–H and O–H groups in total. The Morgan fingerprint density at radius 1 is 1.00 bits per heavy atom. The predicted molar refractivity (Wildman–Crippen MR) is 142 cm³/mol. The maximum atomic E-state index is 12.9. The van der Waals surface area contributed by atoms with Crippen molar-refractivity contribution in [1.29, 1.82) is 0 Å². The van der Waals surface area contributed by atoms with E-state index in [1.807, 2.05) is 14.0 Å². The van der Waals surface area contributed by atoms with Crippen molar-refractivity contribution in [2.45, 2.75) is 97.3 Å². The summed E-state index contributed by atoms with van der Waals surface area (Å²) in [5.41, 5.74) is -0.0394. The Morgan fingerprint density at radius 2 is 1.69 bits per heavy atom. The SMILES string of the molecule is CNCCN(C)C(=O)O/N=C(\C)[C@H]1CC[C@H]2[C@@H]3CCC4C[C@](C)(OC(=O)C(F)(F)F)CC[C@]4(C)[C@H]3CC[C@]12C. The van der Waals surface area contributed by atoms with Crippen LogP contribution in [0.1, 0.15) is 85.5 Å². The van der Waals surface area contributed by atoms with Gasteiger partial charge in [-0.3, -0.25) is 4.84 Å². The predicted octanol–water partition coefficient (Wildman–Crippen LogP) is 6.17. The van der Waals surface area contributed by atoms with Crippen molar-refractivity contribution in [3.05, 3.63) is 0 Å². The van der Waals surface area contributed by atoms with Crippen molar-refractivity contribution < 1.29 is 32.3 Å². The molecule has 8 atom stereocenters. The number of nitrogens with zero attached hydrogens (tertiary/aromatic N) is 2. The van der Waals surface area contributed by atoms with Crippen LogP contribution in [0.15, 0.2) is 5.16 Å². The first kappa shape index (κ1) is 30.1.